The predicted molar refractivity (Wildman–Crippen MR) is 85.7 cm³/mol. The second-order valence-corrected chi connectivity index (χ2v) is 5.23. The van der Waals surface area contributed by atoms with E-state index in [9.17, 15) is 0 Å². The molecule has 112 valence electrons. The van der Waals surface area contributed by atoms with Gasteiger partial charge >= 0.3 is 0 Å². The van der Waals surface area contributed by atoms with E-state index in [1.54, 1.807) is 20.3 Å². The van der Waals surface area contributed by atoms with Gasteiger partial charge in [0.2, 0.25) is 5.95 Å². The molecule has 3 N–H and O–H groups in total. The molecule has 7 heteroatoms. The average Bonchev–Trinajstić information content (AvgIpc) is 2.45. The molecule has 0 amide bonds. The number of rotatable bonds is 5. The second kappa shape index (κ2) is 6.62. The number of benzene rings is 1. The fourth-order valence-electron chi connectivity index (χ4n) is 1.90. The van der Waals surface area contributed by atoms with Crippen LogP contribution in [0.25, 0.3) is 0 Å². The molecule has 1 unspecified atom stereocenters. The lowest BCUT2D eigenvalue weighted by Crippen LogP contribution is -2.10. The molecule has 0 bridgehead atoms. The topological polar surface area (TPSA) is 82.3 Å². The van der Waals surface area contributed by atoms with Crippen molar-refractivity contribution in [2.75, 3.05) is 25.3 Å². The summed E-state index contributed by atoms with van der Waals surface area (Å²) in [5.41, 5.74) is 6.72. The lowest BCUT2D eigenvalue weighted by atomic mass is 10.1. The third-order valence-corrected chi connectivity index (χ3v) is 3.37. The van der Waals surface area contributed by atoms with Crippen molar-refractivity contribution in [1.82, 2.24) is 9.97 Å². The summed E-state index contributed by atoms with van der Waals surface area (Å²) in [5.74, 6) is 2.23. The van der Waals surface area contributed by atoms with E-state index in [1.807, 2.05) is 25.1 Å². The highest BCUT2D eigenvalue weighted by molar-refractivity contribution is 9.10. The van der Waals surface area contributed by atoms with Crippen molar-refractivity contribution in [3.8, 4) is 11.5 Å². The number of anilines is 2. The summed E-state index contributed by atoms with van der Waals surface area (Å²) in [4.78, 5) is 8.38. The highest BCUT2D eigenvalue weighted by Crippen LogP contribution is 2.30. The number of ether oxygens (including phenoxy) is 2. The molecule has 0 aliphatic carbocycles. The first-order valence-corrected chi connectivity index (χ1v) is 7.11. The van der Waals surface area contributed by atoms with Crippen LogP contribution in [0, 0.1) is 0 Å². The fourth-order valence-corrected chi connectivity index (χ4v) is 2.30. The Morgan fingerprint density at radius 1 is 1.14 bits per heavy atom. The summed E-state index contributed by atoms with van der Waals surface area (Å²) in [6.45, 7) is 2.00. The number of hydrogen-bond donors (Lipinski definition) is 2. The second-order valence-electron chi connectivity index (χ2n) is 4.42. The molecule has 1 aromatic carbocycles. The number of halogens is 1. The lowest BCUT2D eigenvalue weighted by Gasteiger charge is -2.16. The summed E-state index contributed by atoms with van der Waals surface area (Å²) in [5, 5.41) is 3.20. The standard InChI is InChI=1S/C14H17BrN4O2/c1-8(17-14-18-12(15)7-13(16)19-14)9-4-5-10(20-2)11(6-9)21-3/h4-8H,1-3H3,(H3,16,17,18,19). The number of nitrogen functional groups attached to an aromatic ring is 1. The van der Waals surface area contributed by atoms with Crippen LogP contribution in [0.2, 0.25) is 0 Å². The van der Waals surface area contributed by atoms with Gasteiger partial charge in [-0.1, -0.05) is 6.07 Å². The molecule has 0 saturated carbocycles. The van der Waals surface area contributed by atoms with Gasteiger partial charge in [0.1, 0.15) is 10.4 Å². The van der Waals surface area contributed by atoms with Crippen molar-refractivity contribution in [3.05, 3.63) is 34.4 Å². The van der Waals surface area contributed by atoms with Crippen LogP contribution in [-0.2, 0) is 0 Å². The van der Waals surface area contributed by atoms with Crippen LogP contribution >= 0.6 is 15.9 Å². The van der Waals surface area contributed by atoms with Gasteiger partial charge < -0.3 is 20.5 Å². The van der Waals surface area contributed by atoms with Crippen molar-refractivity contribution in [3.63, 3.8) is 0 Å². The highest BCUT2D eigenvalue weighted by Gasteiger charge is 2.12. The average molecular weight is 353 g/mol. The third-order valence-electron chi connectivity index (χ3n) is 2.97. The molecule has 2 aromatic rings. The predicted octanol–water partition coefficient (Wildman–Crippen LogP) is 3.01. The minimum Gasteiger partial charge on any atom is -0.493 e. The fraction of sp³-hybridized carbons (Fsp3) is 0.286. The van der Waals surface area contributed by atoms with Crippen molar-refractivity contribution < 1.29 is 9.47 Å². The summed E-state index contributed by atoms with van der Waals surface area (Å²) < 4.78 is 11.2. The van der Waals surface area contributed by atoms with Gasteiger partial charge in [-0.3, -0.25) is 0 Å². The zero-order valence-electron chi connectivity index (χ0n) is 12.1. The molecule has 6 nitrogen and oxygen atoms in total. The lowest BCUT2D eigenvalue weighted by molar-refractivity contribution is 0.354. The smallest absolute Gasteiger partial charge is 0.226 e. The molecule has 1 atom stereocenters. The van der Waals surface area contributed by atoms with Gasteiger partial charge in [-0.25, -0.2) is 4.98 Å². The van der Waals surface area contributed by atoms with E-state index in [1.165, 1.54) is 0 Å². The van der Waals surface area contributed by atoms with E-state index in [0.717, 1.165) is 5.56 Å². The number of methoxy groups -OCH3 is 2. The molecular weight excluding hydrogens is 336 g/mol. The van der Waals surface area contributed by atoms with E-state index in [0.29, 0.717) is 27.9 Å². The van der Waals surface area contributed by atoms with Gasteiger partial charge in [-0.15, -0.1) is 0 Å². The van der Waals surface area contributed by atoms with Gasteiger partial charge in [0.15, 0.2) is 11.5 Å². The molecule has 2 rings (SSSR count). The highest BCUT2D eigenvalue weighted by atomic mass is 79.9. The molecule has 0 aliphatic heterocycles. The van der Waals surface area contributed by atoms with Gasteiger partial charge in [0, 0.05) is 6.07 Å². The molecule has 0 fully saturated rings. The van der Waals surface area contributed by atoms with E-state index < -0.39 is 0 Å². The van der Waals surface area contributed by atoms with Gasteiger partial charge in [0.25, 0.3) is 0 Å². The number of aromatic nitrogens is 2. The molecular formula is C14H17BrN4O2. The summed E-state index contributed by atoms with van der Waals surface area (Å²) >= 11 is 3.29. The number of nitrogens with zero attached hydrogens (tertiary/aromatic N) is 2. The molecule has 0 saturated heterocycles. The summed E-state index contributed by atoms with van der Waals surface area (Å²) in [6, 6.07) is 7.37. The van der Waals surface area contributed by atoms with Crippen molar-refractivity contribution in [2.45, 2.75) is 13.0 Å². The van der Waals surface area contributed by atoms with Gasteiger partial charge in [-0.2, -0.15) is 4.98 Å². The maximum absolute atomic E-state index is 5.70. The first-order chi connectivity index (χ1) is 10.0. The Morgan fingerprint density at radius 3 is 2.48 bits per heavy atom. The van der Waals surface area contributed by atoms with Crippen LogP contribution in [0.3, 0.4) is 0 Å². The molecule has 21 heavy (non-hydrogen) atoms. The van der Waals surface area contributed by atoms with Gasteiger partial charge in [-0.05, 0) is 40.5 Å². The monoisotopic (exact) mass is 352 g/mol. The summed E-state index contributed by atoms with van der Waals surface area (Å²) in [6.07, 6.45) is 0. The molecule has 0 aliphatic rings. The number of nitrogens with two attached hydrogens (primary N) is 1. The Bertz CT molecular complexity index is 616. The zero-order valence-corrected chi connectivity index (χ0v) is 13.6. The quantitative estimate of drug-likeness (QED) is 0.804. The van der Waals surface area contributed by atoms with Gasteiger partial charge in [0.05, 0.1) is 20.3 Å². The number of hydrogen-bond acceptors (Lipinski definition) is 6. The SMILES string of the molecule is COc1ccc(C(C)Nc2nc(N)cc(Br)n2)cc1OC. The maximum atomic E-state index is 5.70. The Balaban J connectivity index is 2.21. The Hall–Kier alpha value is -2.02. The molecule has 0 radical (unpaired) electrons. The van der Waals surface area contributed by atoms with E-state index in [-0.39, 0.29) is 6.04 Å². The first kappa shape index (κ1) is 15.4. The van der Waals surface area contributed by atoms with Crippen LogP contribution in [0.15, 0.2) is 28.9 Å². The van der Waals surface area contributed by atoms with Crippen LogP contribution in [-0.4, -0.2) is 24.2 Å². The molecule has 1 aromatic heterocycles. The molecule has 1 heterocycles. The normalized spacial score (nSPS) is 11.8. The van der Waals surface area contributed by atoms with E-state index in [2.05, 4.69) is 31.2 Å². The Morgan fingerprint density at radius 2 is 1.86 bits per heavy atom. The maximum Gasteiger partial charge on any atom is 0.226 e. The zero-order chi connectivity index (χ0) is 15.4. The van der Waals surface area contributed by atoms with Crippen molar-refractivity contribution >= 4 is 27.7 Å². The Kier molecular flexibility index (Phi) is 4.85. The van der Waals surface area contributed by atoms with E-state index in [4.69, 9.17) is 15.2 Å². The van der Waals surface area contributed by atoms with Crippen LogP contribution in [0.1, 0.15) is 18.5 Å². The van der Waals surface area contributed by atoms with E-state index >= 15 is 0 Å². The van der Waals surface area contributed by atoms with Crippen LogP contribution in [0.4, 0.5) is 11.8 Å². The van der Waals surface area contributed by atoms with Crippen LogP contribution < -0.4 is 20.5 Å². The minimum atomic E-state index is -0.0153. The Labute approximate surface area is 131 Å². The van der Waals surface area contributed by atoms with Crippen molar-refractivity contribution in [2.24, 2.45) is 0 Å². The van der Waals surface area contributed by atoms with Crippen molar-refractivity contribution in [1.29, 1.82) is 0 Å². The van der Waals surface area contributed by atoms with Crippen LogP contribution in [0.5, 0.6) is 11.5 Å². The first-order valence-electron chi connectivity index (χ1n) is 6.32. The largest absolute Gasteiger partial charge is 0.493 e. The molecule has 0 spiro atoms. The summed E-state index contributed by atoms with van der Waals surface area (Å²) in [7, 11) is 3.22. The third kappa shape index (κ3) is 3.75. The number of nitrogens with one attached hydrogen (secondary N) is 1. The minimum absolute atomic E-state index is 0.0153.